The van der Waals surface area contributed by atoms with Crippen LogP contribution in [0, 0.1) is 0 Å². The average Bonchev–Trinajstić information content (AvgIpc) is 3.04. The number of hydrogen-bond donors (Lipinski definition) is 2. The van der Waals surface area contributed by atoms with E-state index in [9.17, 15) is 10.2 Å². The first-order valence-corrected chi connectivity index (χ1v) is 13.5. The molecule has 182 valence electrons. The molecule has 1 aliphatic carbocycles. The Kier molecular flexibility index (Phi) is 6.20. The largest absolute Gasteiger partial charge is 0.494 e. The van der Waals surface area contributed by atoms with Gasteiger partial charge >= 0.3 is 0 Å². The molecule has 3 aromatic rings. The standard InChI is InChI=1S/C28H32N4O2S/c33-27-20-8-1-2-9-21(20)28(34)32(27)15-7-14-30-16-18-31(19-17-30)26-22-10-3-5-12-24(22)35-25-13-6-4-11-23(25)29-26/h3-6,10-13,33-34H,1-2,7-9,14-19H2. The zero-order chi connectivity index (χ0) is 23.8. The number of aromatic hydroxyl groups is 2. The molecule has 3 aliphatic rings. The second-order valence-electron chi connectivity index (χ2n) is 9.65. The van der Waals surface area contributed by atoms with Crippen LogP contribution in [0.4, 0.5) is 5.69 Å². The maximum Gasteiger partial charge on any atom is 0.197 e. The molecule has 0 bridgehead atoms. The van der Waals surface area contributed by atoms with Crippen LogP contribution in [0.25, 0.3) is 0 Å². The highest BCUT2D eigenvalue weighted by Gasteiger charge is 2.26. The highest BCUT2D eigenvalue weighted by atomic mass is 32.2. The molecule has 2 aliphatic heterocycles. The first-order chi connectivity index (χ1) is 17.2. The fraction of sp³-hybridized carbons (Fsp3) is 0.393. The molecule has 1 aromatic heterocycles. The molecular weight excluding hydrogens is 456 g/mol. The van der Waals surface area contributed by atoms with Gasteiger partial charge in [0.2, 0.25) is 0 Å². The summed E-state index contributed by atoms with van der Waals surface area (Å²) < 4.78 is 1.72. The number of aromatic nitrogens is 1. The number of rotatable bonds is 4. The summed E-state index contributed by atoms with van der Waals surface area (Å²) in [4.78, 5) is 12.5. The van der Waals surface area contributed by atoms with Gasteiger partial charge in [0.25, 0.3) is 0 Å². The number of amidine groups is 1. The summed E-state index contributed by atoms with van der Waals surface area (Å²) in [5.74, 6) is 1.64. The smallest absolute Gasteiger partial charge is 0.197 e. The molecule has 0 saturated carbocycles. The number of fused-ring (bicyclic) bond motifs is 3. The third-order valence-electron chi connectivity index (χ3n) is 7.49. The van der Waals surface area contributed by atoms with Gasteiger partial charge in [0, 0.05) is 59.2 Å². The molecule has 0 unspecified atom stereocenters. The lowest BCUT2D eigenvalue weighted by atomic mass is 9.95. The monoisotopic (exact) mass is 488 g/mol. The highest BCUT2D eigenvalue weighted by molar-refractivity contribution is 7.99. The van der Waals surface area contributed by atoms with Gasteiger partial charge in [-0.25, -0.2) is 4.99 Å². The third kappa shape index (κ3) is 4.32. The highest BCUT2D eigenvalue weighted by Crippen LogP contribution is 2.41. The van der Waals surface area contributed by atoms with Gasteiger partial charge in [-0.05, 0) is 56.8 Å². The van der Waals surface area contributed by atoms with Crippen molar-refractivity contribution >= 4 is 23.3 Å². The molecule has 2 N–H and O–H groups in total. The molecule has 1 fully saturated rings. The molecule has 6 rings (SSSR count). The number of piperazine rings is 1. The lowest BCUT2D eigenvalue weighted by Crippen LogP contribution is -2.49. The van der Waals surface area contributed by atoms with Crippen molar-refractivity contribution in [1.29, 1.82) is 0 Å². The van der Waals surface area contributed by atoms with Crippen LogP contribution in [-0.2, 0) is 19.4 Å². The van der Waals surface area contributed by atoms with Crippen LogP contribution in [0.3, 0.4) is 0 Å². The fourth-order valence-electron chi connectivity index (χ4n) is 5.58. The Labute approximate surface area is 210 Å². The van der Waals surface area contributed by atoms with Gasteiger partial charge in [-0.3, -0.25) is 9.47 Å². The van der Waals surface area contributed by atoms with Gasteiger partial charge in [-0.1, -0.05) is 42.1 Å². The fourth-order valence-corrected chi connectivity index (χ4v) is 6.60. The Morgan fingerprint density at radius 2 is 1.43 bits per heavy atom. The molecule has 0 spiro atoms. The molecule has 0 atom stereocenters. The minimum absolute atomic E-state index is 0.283. The van der Waals surface area contributed by atoms with Gasteiger partial charge in [0.15, 0.2) is 11.8 Å². The summed E-state index contributed by atoms with van der Waals surface area (Å²) in [5.41, 5.74) is 4.18. The number of nitrogens with zero attached hydrogens (tertiary/aromatic N) is 4. The minimum atomic E-state index is 0.283. The van der Waals surface area contributed by atoms with Crippen LogP contribution in [0.5, 0.6) is 11.8 Å². The van der Waals surface area contributed by atoms with E-state index in [1.165, 1.54) is 15.4 Å². The summed E-state index contributed by atoms with van der Waals surface area (Å²) >= 11 is 1.80. The Bertz CT molecular complexity index is 1230. The molecule has 6 nitrogen and oxygen atoms in total. The van der Waals surface area contributed by atoms with Crippen molar-refractivity contribution in [2.45, 2.75) is 48.4 Å². The number of aliphatic imine (C=N–C) groups is 1. The van der Waals surface area contributed by atoms with Crippen LogP contribution in [0.2, 0.25) is 0 Å². The molecule has 1 saturated heterocycles. The van der Waals surface area contributed by atoms with Crippen LogP contribution in [-0.4, -0.2) is 63.1 Å². The Morgan fingerprint density at radius 1 is 0.771 bits per heavy atom. The SMILES string of the molecule is Oc1c2c(c(O)n1CCCN1CCN(C3=Nc4ccccc4Sc4ccccc43)CC1)CCCC2. The van der Waals surface area contributed by atoms with Gasteiger partial charge in [0.1, 0.15) is 5.84 Å². The van der Waals surface area contributed by atoms with Gasteiger partial charge in [0.05, 0.1) is 5.69 Å². The molecule has 3 heterocycles. The third-order valence-corrected chi connectivity index (χ3v) is 8.63. The Hall–Kier alpha value is -2.90. The van der Waals surface area contributed by atoms with E-state index in [-0.39, 0.29) is 11.8 Å². The van der Waals surface area contributed by atoms with Crippen LogP contribution < -0.4 is 0 Å². The maximum absolute atomic E-state index is 10.6. The second kappa shape index (κ2) is 9.63. The first kappa shape index (κ1) is 22.6. The zero-order valence-corrected chi connectivity index (χ0v) is 20.8. The predicted octanol–water partition coefficient (Wildman–Crippen LogP) is 5.03. The number of hydrogen-bond acceptors (Lipinski definition) is 6. The number of para-hydroxylation sites is 1. The molecule has 7 heteroatoms. The minimum Gasteiger partial charge on any atom is -0.494 e. The molecule has 35 heavy (non-hydrogen) atoms. The van der Waals surface area contributed by atoms with Gasteiger partial charge < -0.3 is 15.1 Å². The van der Waals surface area contributed by atoms with Crippen molar-refractivity contribution in [3.8, 4) is 11.8 Å². The van der Waals surface area contributed by atoms with Crippen molar-refractivity contribution < 1.29 is 10.2 Å². The summed E-state index contributed by atoms with van der Waals surface area (Å²) in [6.07, 6.45) is 4.84. The predicted molar refractivity (Wildman–Crippen MR) is 140 cm³/mol. The van der Waals surface area contributed by atoms with Crippen LogP contribution in [0.15, 0.2) is 63.3 Å². The first-order valence-electron chi connectivity index (χ1n) is 12.7. The van der Waals surface area contributed by atoms with Crippen LogP contribution >= 0.6 is 11.8 Å². The van der Waals surface area contributed by atoms with Gasteiger partial charge in [-0.2, -0.15) is 0 Å². The zero-order valence-electron chi connectivity index (χ0n) is 20.0. The van der Waals surface area contributed by atoms with E-state index in [1.807, 2.05) is 0 Å². The van der Waals surface area contributed by atoms with Crippen molar-refractivity contribution in [1.82, 2.24) is 14.4 Å². The average molecular weight is 489 g/mol. The molecule has 0 radical (unpaired) electrons. The summed E-state index contributed by atoms with van der Waals surface area (Å²) in [7, 11) is 0. The van der Waals surface area contributed by atoms with Crippen LogP contribution in [0.1, 0.15) is 36.0 Å². The van der Waals surface area contributed by atoms with Crippen molar-refractivity contribution in [3.05, 3.63) is 65.2 Å². The Morgan fingerprint density at radius 3 is 2.17 bits per heavy atom. The lowest BCUT2D eigenvalue weighted by molar-refractivity contribution is 0.177. The summed E-state index contributed by atoms with van der Waals surface area (Å²) in [6, 6.07) is 17.0. The summed E-state index contributed by atoms with van der Waals surface area (Å²) in [6.45, 7) is 5.45. The van der Waals surface area contributed by atoms with Gasteiger partial charge in [-0.15, -0.1) is 0 Å². The van der Waals surface area contributed by atoms with Crippen molar-refractivity contribution in [3.63, 3.8) is 0 Å². The summed E-state index contributed by atoms with van der Waals surface area (Å²) in [5, 5.41) is 21.2. The van der Waals surface area contributed by atoms with E-state index in [0.717, 1.165) is 87.5 Å². The lowest BCUT2D eigenvalue weighted by Gasteiger charge is -2.36. The molecule has 2 aromatic carbocycles. The topological polar surface area (TPSA) is 64.2 Å². The van der Waals surface area contributed by atoms with E-state index in [0.29, 0.717) is 6.54 Å². The second-order valence-corrected chi connectivity index (χ2v) is 10.7. The Balaban J connectivity index is 1.11. The molecular formula is C28H32N4O2S. The van der Waals surface area contributed by atoms with E-state index in [4.69, 9.17) is 4.99 Å². The molecule has 0 amide bonds. The number of benzene rings is 2. The van der Waals surface area contributed by atoms with E-state index < -0.39 is 0 Å². The quantitative estimate of drug-likeness (QED) is 0.539. The van der Waals surface area contributed by atoms with Crippen molar-refractivity contribution in [2.75, 3.05) is 32.7 Å². The van der Waals surface area contributed by atoms with E-state index in [2.05, 4.69) is 58.3 Å². The van der Waals surface area contributed by atoms with E-state index in [1.54, 1.807) is 16.3 Å². The van der Waals surface area contributed by atoms with E-state index >= 15 is 0 Å². The van der Waals surface area contributed by atoms with Crippen molar-refractivity contribution in [2.24, 2.45) is 4.99 Å². The normalized spacial score (nSPS) is 17.8. The maximum atomic E-state index is 10.6.